The van der Waals surface area contributed by atoms with Gasteiger partial charge in [-0.2, -0.15) is 5.26 Å². The van der Waals surface area contributed by atoms with E-state index in [9.17, 15) is 0 Å². The van der Waals surface area contributed by atoms with E-state index < -0.39 is 0 Å². The van der Waals surface area contributed by atoms with Crippen LogP contribution < -0.4 is 0 Å². The maximum Gasteiger partial charge on any atom is 0.0621 e. The van der Waals surface area contributed by atoms with E-state index in [-0.39, 0.29) is 0 Å². The Bertz CT molecular complexity index is 216. The maximum atomic E-state index is 8.44. The van der Waals surface area contributed by atoms with Crippen molar-refractivity contribution in [1.82, 2.24) is 0 Å². The summed E-state index contributed by atoms with van der Waals surface area (Å²) in [5.41, 5.74) is 0. The predicted octanol–water partition coefficient (Wildman–Crippen LogP) is 7.55. The number of hydrogen-bond acceptors (Lipinski definition) is 1. The summed E-state index contributed by atoms with van der Waals surface area (Å²) in [6.45, 7) is 2.29. The lowest BCUT2D eigenvalue weighted by atomic mass is 10.0. The molecule has 0 saturated heterocycles. The smallest absolute Gasteiger partial charge is 0.0621 e. The fourth-order valence-electron chi connectivity index (χ4n) is 2.93. The number of unbranched alkanes of at least 4 members (excludes halogenated alkanes) is 17. The van der Waals surface area contributed by atoms with E-state index in [1.54, 1.807) is 0 Å². The second kappa shape index (κ2) is 19.5. The lowest BCUT2D eigenvalue weighted by molar-refractivity contribution is 0.527. The van der Waals surface area contributed by atoms with Crippen LogP contribution in [0.2, 0.25) is 0 Å². The average Bonchev–Trinajstić information content (AvgIpc) is 2.50. The molecule has 0 N–H and O–H groups in total. The monoisotopic (exact) mass is 293 g/mol. The molecule has 0 spiro atoms. The minimum atomic E-state index is 0.749. The molecule has 0 radical (unpaired) electrons. The number of nitriles is 1. The van der Waals surface area contributed by atoms with Crippen molar-refractivity contribution in [3.8, 4) is 6.07 Å². The molecular weight excluding hydrogens is 254 g/mol. The Labute approximate surface area is 134 Å². The van der Waals surface area contributed by atoms with Gasteiger partial charge in [0.2, 0.25) is 0 Å². The summed E-state index contributed by atoms with van der Waals surface area (Å²) in [7, 11) is 0. The fraction of sp³-hybridized carbons (Fsp3) is 0.950. The average molecular weight is 294 g/mol. The van der Waals surface area contributed by atoms with E-state index in [2.05, 4.69) is 13.0 Å². The molecule has 1 heteroatoms. The highest BCUT2D eigenvalue weighted by molar-refractivity contribution is 4.67. The van der Waals surface area contributed by atoms with Gasteiger partial charge in [-0.25, -0.2) is 0 Å². The zero-order chi connectivity index (χ0) is 15.4. The van der Waals surface area contributed by atoms with Crippen molar-refractivity contribution in [1.29, 1.82) is 5.26 Å². The first-order valence-corrected chi connectivity index (χ1v) is 9.78. The first-order chi connectivity index (χ1) is 10.4. The second-order valence-electron chi connectivity index (χ2n) is 6.56. The summed E-state index contributed by atoms with van der Waals surface area (Å²) < 4.78 is 0. The van der Waals surface area contributed by atoms with Gasteiger partial charge in [0.05, 0.1) is 6.07 Å². The molecule has 0 saturated carbocycles. The zero-order valence-corrected chi connectivity index (χ0v) is 14.7. The van der Waals surface area contributed by atoms with Gasteiger partial charge in [0.1, 0.15) is 0 Å². The van der Waals surface area contributed by atoms with Crippen molar-refractivity contribution in [2.75, 3.05) is 0 Å². The number of rotatable bonds is 17. The molecule has 0 rings (SSSR count). The third kappa shape index (κ3) is 19.5. The predicted molar refractivity (Wildman–Crippen MR) is 94.4 cm³/mol. The molecule has 124 valence electrons. The molecule has 0 aliphatic heterocycles. The highest BCUT2D eigenvalue weighted by Crippen LogP contribution is 2.14. The van der Waals surface area contributed by atoms with Gasteiger partial charge in [0.25, 0.3) is 0 Å². The first-order valence-electron chi connectivity index (χ1n) is 9.78. The lowest BCUT2D eigenvalue weighted by Gasteiger charge is -2.03. The quantitative estimate of drug-likeness (QED) is 0.254. The Hall–Kier alpha value is -0.510. The topological polar surface area (TPSA) is 23.8 Å². The fourth-order valence-corrected chi connectivity index (χ4v) is 2.93. The molecule has 0 fully saturated rings. The van der Waals surface area contributed by atoms with Gasteiger partial charge in [0, 0.05) is 6.42 Å². The lowest BCUT2D eigenvalue weighted by Crippen LogP contribution is -1.83. The summed E-state index contributed by atoms with van der Waals surface area (Å²) in [5.74, 6) is 0. The summed E-state index contributed by atoms with van der Waals surface area (Å²) in [4.78, 5) is 0. The molecule has 0 aliphatic carbocycles. The van der Waals surface area contributed by atoms with Crippen molar-refractivity contribution in [3.05, 3.63) is 0 Å². The summed E-state index contributed by atoms with van der Waals surface area (Å²) in [6, 6.07) is 2.22. The molecule has 0 aromatic heterocycles. The van der Waals surface area contributed by atoms with Crippen LogP contribution in [0.1, 0.15) is 122 Å². The van der Waals surface area contributed by atoms with Crippen LogP contribution in [0.4, 0.5) is 0 Å². The number of hydrogen-bond donors (Lipinski definition) is 0. The van der Waals surface area contributed by atoms with Crippen LogP contribution in [0.25, 0.3) is 0 Å². The van der Waals surface area contributed by atoms with Gasteiger partial charge in [-0.3, -0.25) is 0 Å². The third-order valence-corrected chi connectivity index (χ3v) is 4.39. The molecule has 0 bridgehead atoms. The van der Waals surface area contributed by atoms with E-state index in [1.165, 1.54) is 103 Å². The molecule has 0 unspecified atom stereocenters. The summed E-state index contributed by atoms with van der Waals surface area (Å²) >= 11 is 0. The van der Waals surface area contributed by atoms with Gasteiger partial charge in [-0.15, -0.1) is 0 Å². The molecule has 0 aromatic rings. The largest absolute Gasteiger partial charge is 0.198 e. The molecule has 1 nitrogen and oxygen atoms in total. The van der Waals surface area contributed by atoms with Crippen LogP contribution in [-0.2, 0) is 0 Å². The Morgan fingerprint density at radius 2 is 0.762 bits per heavy atom. The van der Waals surface area contributed by atoms with E-state index in [0.29, 0.717) is 0 Å². The van der Waals surface area contributed by atoms with Crippen LogP contribution in [0, 0.1) is 11.3 Å². The van der Waals surface area contributed by atoms with Crippen molar-refractivity contribution < 1.29 is 0 Å². The van der Waals surface area contributed by atoms with E-state index >= 15 is 0 Å². The molecule has 0 heterocycles. The molecule has 0 amide bonds. The van der Waals surface area contributed by atoms with Gasteiger partial charge >= 0.3 is 0 Å². The highest BCUT2D eigenvalue weighted by Gasteiger charge is 1.94. The van der Waals surface area contributed by atoms with Crippen molar-refractivity contribution in [2.45, 2.75) is 122 Å². The van der Waals surface area contributed by atoms with Crippen molar-refractivity contribution >= 4 is 0 Å². The van der Waals surface area contributed by atoms with Gasteiger partial charge in [-0.1, -0.05) is 110 Å². The van der Waals surface area contributed by atoms with Crippen LogP contribution in [-0.4, -0.2) is 0 Å². The van der Waals surface area contributed by atoms with E-state index in [0.717, 1.165) is 12.8 Å². The van der Waals surface area contributed by atoms with E-state index in [1.807, 2.05) is 0 Å². The maximum absolute atomic E-state index is 8.44. The Balaban J connectivity index is 2.92. The summed E-state index contributed by atoms with van der Waals surface area (Å²) in [5, 5.41) is 8.44. The normalized spacial score (nSPS) is 10.7. The van der Waals surface area contributed by atoms with Crippen molar-refractivity contribution in [2.24, 2.45) is 0 Å². The molecule has 0 aliphatic rings. The molecule has 0 atom stereocenters. The van der Waals surface area contributed by atoms with Crippen LogP contribution in [0.15, 0.2) is 0 Å². The second-order valence-corrected chi connectivity index (χ2v) is 6.56. The minimum Gasteiger partial charge on any atom is -0.198 e. The molecule has 21 heavy (non-hydrogen) atoms. The van der Waals surface area contributed by atoms with Crippen molar-refractivity contribution in [3.63, 3.8) is 0 Å². The highest BCUT2D eigenvalue weighted by atomic mass is 14.2. The minimum absolute atomic E-state index is 0.749. The summed E-state index contributed by atoms with van der Waals surface area (Å²) in [6.07, 6.45) is 24.6. The Kier molecular flexibility index (Phi) is 19.0. The van der Waals surface area contributed by atoms with Gasteiger partial charge < -0.3 is 0 Å². The van der Waals surface area contributed by atoms with E-state index in [4.69, 9.17) is 5.26 Å². The van der Waals surface area contributed by atoms with Gasteiger partial charge in [-0.05, 0) is 6.42 Å². The SMILES string of the molecule is CCCCCCCCCCCCCCCCCCCC#N. The van der Waals surface area contributed by atoms with Gasteiger partial charge in [0.15, 0.2) is 0 Å². The molecule has 0 aromatic carbocycles. The first kappa shape index (κ1) is 20.5. The standard InChI is InChI=1S/C20H39N/c1-2-3-4-5-6-7-8-9-10-11-12-13-14-15-16-17-18-19-20-21/h2-19H2,1H3. The Morgan fingerprint density at radius 3 is 1.05 bits per heavy atom. The Morgan fingerprint density at radius 1 is 0.476 bits per heavy atom. The van der Waals surface area contributed by atoms with Crippen LogP contribution in [0.3, 0.4) is 0 Å². The number of nitrogens with zero attached hydrogens (tertiary/aromatic N) is 1. The molecular formula is C20H39N. The van der Waals surface area contributed by atoms with Crippen LogP contribution >= 0.6 is 0 Å². The zero-order valence-electron chi connectivity index (χ0n) is 14.7. The third-order valence-electron chi connectivity index (χ3n) is 4.39. The van der Waals surface area contributed by atoms with Crippen LogP contribution in [0.5, 0.6) is 0 Å².